The molecule has 5 nitrogen and oxygen atoms in total. The highest BCUT2D eigenvalue weighted by molar-refractivity contribution is 9.10. The molecule has 0 radical (unpaired) electrons. The van der Waals surface area contributed by atoms with E-state index in [0.29, 0.717) is 17.0 Å². The van der Waals surface area contributed by atoms with E-state index < -0.39 is 0 Å². The summed E-state index contributed by atoms with van der Waals surface area (Å²) in [6.07, 6.45) is 1.27. The minimum Gasteiger partial charge on any atom is -0.483 e. The maximum atomic E-state index is 8.97. The fourth-order valence-corrected chi connectivity index (χ4v) is 1.62. The first kappa shape index (κ1) is 12.3. The van der Waals surface area contributed by atoms with Crippen LogP contribution in [0.1, 0.15) is 18.1 Å². The molecule has 1 heterocycles. The zero-order valence-corrected chi connectivity index (χ0v) is 10.4. The van der Waals surface area contributed by atoms with Crippen LogP contribution in [0.25, 0.3) is 0 Å². The van der Waals surface area contributed by atoms with Crippen LogP contribution in [0, 0.1) is 22.7 Å². The maximum Gasteiger partial charge on any atom is 0.176 e. The van der Waals surface area contributed by atoms with Gasteiger partial charge in [0.15, 0.2) is 12.2 Å². The van der Waals surface area contributed by atoms with Gasteiger partial charge in [0.05, 0.1) is 6.61 Å². The summed E-state index contributed by atoms with van der Waals surface area (Å²) < 4.78 is 7.12. The summed E-state index contributed by atoms with van der Waals surface area (Å²) in [6.45, 7) is 2.33. The summed E-state index contributed by atoms with van der Waals surface area (Å²) in [6, 6.07) is 3.92. The Kier molecular flexibility index (Phi) is 4.10. The van der Waals surface area contributed by atoms with Crippen LogP contribution in [-0.2, 0) is 11.8 Å². The Labute approximate surface area is 102 Å². The van der Waals surface area contributed by atoms with E-state index in [1.807, 2.05) is 19.1 Å². The zero-order chi connectivity index (χ0) is 12.1. The van der Waals surface area contributed by atoms with Crippen LogP contribution in [0.3, 0.4) is 0 Å². The van der Waals surface area contributed by atoms with Gasteiger partial charge < -0.3 is 9.30 Å². The van der Waals surface area contributed by atoms with E-state index >= 15 is 0 Å². The Morgan fingerprint density at radius 3 is 2.56 bits per heavy atom. The molecule has 1 aromatic rings. The van der Waals surface area contributed by atoms with Gasteiger partial charge >= 0.3 is 0 Å². The van der Waals surface area contributed by atoms with Crippen molar-refractivity contribution in [3.05, 3.63) is 15.7 Å². The van der Waals surface area contributed by atoms with E-state index in [1.54, 1.807) is 11.6 Å². The highest BCUT2D eigenvalue weighted by Gasteiger charge is 2.18. The number of hydrogen-bond donors (Lipinski definition) is 0. The SMILES string of the molecule is CCO/C=N/c1c(C#N)c(C#N)c(Br)n1C. The van der Waals surface area contributed by atoms with Crippen LogP contribution in [0.2, 0.25) is 0 Å². The van der Waals surface area contributed by atoms with E-state index in [-0.39, 0.29) is 11.1 Å². The van der Waals surface area contributed by atoms with Crippen molar-refractivity contribution in [1.82, 2.24) is 4.57 Å². The molecule has 0 amide bonds. The van der Waals surface area contributed by atoms with Gasteiger partial charge in [-0.05, 0) is 22.9 Å². The number of aromatic nitrogens is 1. The van der Waals surface area contributed by atoms with Gasteiger partial charge in [0.1, 0.15) is 27.9 Å². The molecule has 82 valence electrons. The van der Waals surface area contributed by atoms with E-state index in [2.05, 4.69) is 20.9 Å². The molecule has 1 aromatic heterocycles. The fraction of sp³-hybridized carbons (Fsp3) is 0.300. The third kappa shape index (κ3) is 2.07. The van der Waals surface area contributed by atoms with E-state index in [1.165, 1.54) is 6.40 Å². The minimum absolute atomic E-state index is 0.243. The third-order valence-corrected chi connectivity index (χ3v) is 2.86. The van der Waals surface area contributed by atoms with Gasteiger partial charge in [-0.2, -0.15) is 10.5 Å². The second kappa shape index (κ2) is 5.34. The second-order valence-electron chi connectivity index (χ2n) is 2.84. The Balaban J connectivity index is 3.30. The lowest BCUT2D eigenvalue weighted by Crippen LogP contribution is -1.89. The maximum absolute atomic E-state index is 8.97. The molecule has 0 atom stereocenters. The molecule has 0 spiro atoms. The van der Waals surface area contributed by atoms with Gasteiger partial charge in [-0.25, -0.2) is 4.99 Å². The molecule has 0 saturated carbocycles. The summed E-state index contributed by atoms with van der Waals surface area (Å²) in [5, 5.41) is 17.9. The van der Waals surface area contributed by atoms with Crippen LogP contribution < -0.4 is 0 Å². The molecule has 0 saturated heterocycles. The van der Waals surface area contributed by atoms with E-state index in [9.17, 15) is 0 Å². The van der Waals surface area contributed by atoms with Crippen LogP contribution in [0.4, 0.5) is 5.82 Å². The third-order valence-electron chi connectivity index (χ3n) is 1.93. The number of hydrogen-bond acceptors (Lipinski definition) is 4. The second-order valence-corrected chi connectivity index (χ2v) is 3.59. The standard InChI is InChI=1S/C10H9BrN4O/c1-3-16-6-14-10-8(5-13)7(4-12)9(11)15(10)2/h6H,3H2,1-2H3/b14-6+. The molecule has 0 aliphatic carbocycles. The molecular weight excluding hydrogens is 272 g/mol. The van der Waals surface area contributed by atoms with Crippen LogP contribution in [0.5, 0.6) is 0 Å². The number of halogens is 1. The van der Waals surface area contributed by atoms with Crippen molar-refractivity contribution >= 4 is 28.1 Å². The van der Waals surface area contributed by atoms with Crippen molar-refractivity contribution in [2.24, 2.45) is 12.0 Å². The fourth-order valence-electron chi connectivity index (χ4n) is 1.16. The lowest BCUT2D eigenvalue weighted by atomic mass is 10.2. The number of rotatable bonds is 3. The number of nitrogens with zero attached hydrogens (tertiary/aromatic N) is 4. The van der Waals surface area contributed by atoms with E-state index in [4.69, 9.17) is 15.3 Å². The van der Waals surface area contributed by atoms with Crippen molar-refractivity contribution in [1.29, 1.82) is 10.5 Å². The summed E-state index contributed by atoms with van der Waals surface area (Å²) in [7, 11) is 1.71. The predicted molar refractivity (Wildman–Crippen MR) is 62.3 cm³/mol. The molecule has 0 N–H and O–H groups in total. The predicted octanol–water partition coefficient (Wildman–Crippen LogP) is 2.23. The van der Waals surface area contributed by atoms with Gasteiger partial charge in [0.2, 0.25) is 0 Å². The van der Waals surface area contributed by atoms with Crippen LogP contribution in [0.15, 0.2) is 9.60 Å². The Bertz CT molecular complexity index is 504. The smallest absolute Gasteiger partial charge is 0.176 e. The summed E-state index contributed by atoms with van der Waals surface area (Å²) >= 11 is 3.24. The normalized spacial score (nSPS) is 10.1. The lowest BCUT2D eigenvalue weighted by Gasteiger charge is -1.98. The van der Waals surface area contributed by atoms with Crippen LogP contribution >= 0.6 is 15.9 Å². The summed E-state index contributed by atoms with van der Waals surface area (Å²) in [5.74, 6) is 0.402. The van der Waals surface area contributed by atoms with Crippen molar-refractivity contribution in [3.8, 4) is 12.1 Å². The Hall–Kier alpha value is -1.79. The molecule has 0 bridgehead atoms. The van der Waals surface area contributed by atoms with Crippen molar-refractivity contribution < 1.29 is 4.74 Å². The topological polar surface area (TPSA) is 74.1 Å². The average Bonchev–Trinajstić information content (AvgIpc) is 2.52. The number of aliphatic imine (C=N–C) groups is 1. The number of nitriles is 2. The lowest BCUT2D eigenvalue weighted by molar-refractivity contribution is 0.343. The molecule has 0 aromatic carbocycles. The van der Waals surface area contributed by atoms with Crippen molar-refractivity contribution in [2.75, 3.05) is 6.61 Å². The van der Waals surface area contributed by atoms with Gasteiger partial charge in [0.25, 0.3) is 0 Å². The van der Waals surface area contributed by atoms with Crippen molar-refractivity contribution in [2.45, 2.75) is 6.92 Å². The average molecular weight is 281 g/mol. The molecular formula is C10H9BrN4O. The molecule has 6 heteroatoms. The first-order valence-electron chi connectivity index (χ1n) is 4.49. The Morgan fingerprint density at radius 2 is 2.06 bits per heavy atom. The summed E-state index contributed by atoms with van der Waals surface area (Å²) in [5.41, 5.74) is 0.529. The highest BCUT2D eigenvalue weighted by atomic mass is 79.9. The van der Waals surface area contributed by atoms with Crippen molar-refractivity contribution in [3.63, 3.8) is 0 Å². The first-order valence-corrected chi connectivity index (χ1v) is 5.29. The van der Waals surface area contributed by atoms with Crippen LogP contribution in [-0.4, -0.2) is 17.6 Å². The van der Waals surface area contributed by atoms with Gasteiger partial charge in [-0.1, -0.05) is 0 Å². The largest absolute Gasteiger partial charge is 0.483 e. The summed E-state index contributed by atoms with van der Waals surface area (Å²) in [4.78, 5) is 4.01. The molecule has 1 rings (SSSR count). The molecule has 0 fully saturated rings. The van der Waals surface area contributed by atoms with E-state index in [0.717, 1.165) is 0 Å². The Morgan fingerprint density at radius 1 is 1.44 bits per heavy atom. The monoisotopic (exact) mass is 280 g/mol. The minimum atomic E-state index is 0.243. The molecule has 0 unspecified atom stereocenters. The highest BCUT2D eigenvalue weighted by Crippen LogP contribution is 2.31. The van der Waals surface area contributed by atoms with Gasteiger partial charge in [0, 0.05) is 7.05 Å². The quantitative estimate of drug-likeness (QED) is 0.629. The molecule has 0 aliphatic rings. The molecule has 0 aliphatic heterocycles. The number of ether oxygens (including phenoxy) is 1. The zero-order valence-electron chi connectivity index (χ0n) is 8.86. The van der Waals surface area contributed by atoms with Gasteiger partial charge in [-0.3, -0.25) is 0 Å². The van der Waals surface area contributed by atoms with Gasteiger partial charge in [-0.15, -0.1) is 0 Å². The first-order chi connectivity index (χ1) is 7.67. The molecule has 16 heavy (non-hydrogen) atoms.